The molecule has 0 aliphatic carbocycles. The van der Waals surface area contributed by atoms with Crippen molar-refractivity contribution in [1.82, 2.24) is 0 Å². The van der Waals surface area contributed by atoms with E-state index in [1.807, 2.05) is 12.3 Å². The number of aryl methyl sites for hydroxylation is 1. The van der Waals surface area contributed by atoms with E-state index in [4.69, 9.17) is 11.6 Å². The van der Waals surface area contributed by atoms with Gasteiger partial charge in [-0.05, 0) is 41.6 Å². The number of hydrogen-bond donors (Lipinski definition) is 1. The van der Waals surface area contributed by atoms with Crippen molar-refractivity contribution in [2.45, 2.75) is 13.2 Å². The lowest BCUT2D eigenvalue weighted by molar-refractivity contribution is -0.286. The largest absolute Gasteiger partial charge is 0.586 e. The van der Waals surface area contributed by atoms with Crippen LogP contribution in [0, 0.1) is 6.92 Å². The predicted molar refractivity (Wildman–Crippen MR) is 100 cm³/mol. The first-order valence-corrected chi connectivity index (χ1v) is 9.18. The molecule has 0 saturated heterocycles. The number of thiophene rings is 1. The second-order valence-corrected chi connectivity index (χ2v) is 7.10. The van der Waals surface area contributed by atoms with Gasteiger partial charge in [-0.25, -0.2) is 0 Å². The van der Waals surface area contributed by atoms with Gasteiger partial charge in [-0.2, -0.15) is 11.3 Å². The number of ether oxygens (including phenoxy) is 2. The molecule has 0 saturated carbocycles. The summed E-state index contributed by atoms with van der Waals surface area (Å²) < 4.78 is 35.2. The van der Waals surface area contributed by atoms with Gasteiger partial charge < -0.3 is 14.8 Å². The highest BCUT2D eigenvalue weighted by Gasteiger charge is 2.43. The van der Waals surface area contributed by atoms with E-state index in [0.29, 0.717) is 22.4 Å². The van der Waals surface area contributed by atoms with E-state index in [2.05, 4.69) is 14.8 Å². The Labute approximate surface area is 162 Å². The molecule has 3 aromatic rings. The summed E-state index contributed by atoms with van der Waals surface area (Å²) in [4.78, 5) is 12.3. The molecule has 0 spiro atoms. The Hall–Kier alpha value is -2.64. The number of halogens is 3. The number of rotatable bonds is 3. The molecule has 2 aromatic carbocycles. The molecular weight excluding hydrogens is 396 g/mol. The average molecular weight is 408 g/mol. The average Bonchev–Trinajstić information content (AvgIpc) is 3.16. The number of alkyl halides is 2. The minimum atomic E-state index is -3.70. The number of hydrogen-bond acceptors (Lipinski definition) is 4. The molecule has 0 atom stereocenters. The highest BCUT2D eigenvalue weighted by molar-refractivity contribution is 7.08. The second kappa shape index (κ2) is 6.51. The van der Waals surface area contributed by atoms with Crippen LogP contribution < -0.4 is 14.8 Å². The van der Waals surface area contributed by atoms with E-state index in [9.17, 15) is 13.6 Å². The fourth-order valence-electron chi connectivity index (χ4n) is 2.72. The number of amides is 1. The van der Waals surface area contributed by atoms with E-state index < -0.39 is 6.29 Å². The molecule has 4 rings (SSSR count). The lowest BCUT2D eigenvalue weighted by atomic mass is 10.0. The first-order valence-electron chi connectivity index (χ1n) is 7.86. The van der Waals surface area contributed by atoms with E-state index in [-0.39, 0.29) is 22.4 Å². The van der Waals surface area contributed by atoms with Crippen molar-refractivity contribution in [2.75, 3.05) is 5.32 Å². The highest BCUT2D eigenvalue weighted by atomic mass is 35.5. The maximum absolute atomic E-state index is 13.2. The Balaban J connectivity index is 1.57. The van der Waals surface area contributed by atoms with Crippen molar-refractivity contribution in [3.8, 4) is 22.6 Å². The van der Waals surface area contributed by atoms with Gasteiger partial charge in [0.1, 0.15) is 0 Å². The number of carbonyl (C=O) groups is 1. The SMILES string of the molecule is Cc1cscc1C(=O)Nc1ccc(-c2cc3c(cc2Cl)OC(F)(F)O3)cc1. The molecule has 1 N–H and O–H groups in total. The van der Waals surface area contributed by atoms with Crippen LogP contribution >= 0.6 is 22.9 Å². The Morgan fingerprint density at radius 2 is 1.78 bits per heavy atom. The maximum Gasteiger partial charge on any atom is 0.586 e. The van der Waals surface area contributed by atoms with Crippen LogP contribution in [0.1, 0.15) is 15.9 Å². The zero-order chi connectivity index (χ0) is 19.2. The Kier molecular flexibility index (Phi) is 4.28. The smallest absolute Gasteiger partial charge is 0.395 e. The molecular formula is C19H12ClF2NO3S. The molecule has 1 aliphatic heterocycles. The lowest BCUT2D eigenvalue weighted by Crippen LogP contribution is -2.25. The summed E-state index contributed by atoms with van der Waals surface area (Å²) in [5.41, 5.74) is 3.36. The van der Waals surface area contributed by atoms with Crippen LogP contribution in [0.5, 0.6) is 11.5 Å². The number of nitrogens with one attached hydrogen (secondary N) is 1. The third kappa shape index (κ3) is 3.48. The summed E-state index contributed by atoms with van der Waals surface area (Å²) in [5.74, 6) is -0.377. The van der Waals surface area contributed by atoms with Crippen LogP contribution in [-0.2, 0) is 0 Å². The zero-order valence-corrected chi connectivity index (χ0v) is 15.5. The van der Waals surface area contributed by atoms with Crippen LogP contribution in [0.2, 0.25) is 5.02 Å². The van der Waals surface area contributed by atoms with Crippen LogP contribution in [0.4, 0.5) is 14.5 Å². The molecule has 4 nitrogen and oxygen atoms in total. The lowest BCUT2D eigenvalue weighted by Gasteiger charge is -2.09. The molecule has 1 aliphatic rings. The summed E-state index contributed by atoms with van der Waals surface area (Å²) in [7, 11) is 0. The molecule has 138 valence electrons. The number of anilines is 1. The first kappa shape index (κ1) is 17.8. The minimum absolute atomic E-state index is 0.0790. The summed E-state index contributed by atoms with van der Waals surface area (Å²) in [6.07, 6.45) is -3.70. The second-order valence-electron chi connectivity index (χ2n) is 5.95. The molecule has 0 bridgehead atoms. The number of fused-ring (bicyclic) bond motifs is 1. The van der Waals surface area contributed by atoms with Gasteiger partial charge in [-0.15, -0.1) is 8.78 Å². The third-order valence-corrected chi connectivity index (χ3v) is 5.22. The van der Waals surface area contributed by atoms with Crippen LogP contribution in [0.25, 0.3) is 11.1 Å². The maximum atomic E-state index is 13.2. The van der Waals surface area contributed by atoms with Gasteiger partial charge in [0.2, 0.25) is 0 Å². The fourth-order valence-corrected chi connectivity index (χ4v) is 3.81. The van der Waals surface area contributed by atoms with Gasteiger partial charge >= 0.3 is 6.29 Å². The van der Waals surface area contributed by atoms with Crippen LogP contribution in [-0.4, -0.2) is 12.2 Å². The van der Waals surface area contributed by atoms with Crippen molar-refractivity contribution in [1.29, 1.82) is 0 Å². The molecule has 1 aromatic heterocycles. The zero-order valence-electron chi connectivity index (χ0n) is 13.9. The molecule has 1 amide bonds. The number of carbonyl (C=O) groups excluding carboxylic acids is 1. The molecule has 0 fully saturated rings. The molecule has 0 radical (unpaired) electrons. The quantitative estimate of drug-likeness (QED) is 0.583. The van der Waals surface area contributed by atoms with Gasteiger partial charge in [0.05, 0.1) is 10.6 Å². The van der Waals surface area contributed by atoms with Crippen molar-refractivity contribution in [3.63, 3.8) is 0 Å². The number of benzene rings is 2. The molecule has 8 heteroatoms. The predicted octanol–water partition coefficient (Wildman–Crippen LogP) is 5.95. The molecule has 27 heavy (non-hydrogen) atoms. The third-order valence-electron chi connectivity index (χ3n) is 4.04. The standard InChI is InChI=1S/C19H12ClF2NO3S/c1-10-8-27-9-14(10)18(24)23-12-4-2-11(3-5-12)13-6-16-17(7-15(13)20)26-19(21,22)25-16/h2-9H,1H3,(H,23,24). The Morgan fingerprint density at radius 3 is 2.41 bits per heavy atom. The van der Waals surface area contributed by atoms with Crippen LogP contribution in [0.3, 0.4) is 0 Å². The van der Waals surface area contributed by atoms with Gasteiger partial charge in [-0.3, -0.25) is 4.79 Å². The van der Waals surface area contributed by atoms with E-state index in [1.54, 1.807) is 29.6 Å². The topological polar surface area (TPSA) is 47.6 Å². The summed E-state index contributed by atoms with van der Waals surface area (Å²) in [6.45, 7) is 1.87. The fraction of sp³-hybridized carbons (Fsp3) is 0.105. The minimum Gasteiger partial charge on any atom is -0.395 e. The first-order chi connectivity index (χ1) is 12.8. The normalized spacial score (nSPS) is 14.2. The summed E-state index contributed by atoms with van der Waals surface area (Å²) in [6, 6.07) is 9.59. The molecule has 2 heterocycles. The van der Waals surface area contributed by atoms with Gasteiger partial charge in [0.25, 0.3) is 5.91 Å². The van der Waals surface area contributed by atoms with Crippen molar-refractivity contribution in [3.05, 3.63) is 63.3 Å². The van der Waals surface area contributed by atoms with Gasteiger partial charge in [0.15, 0.2) is 11.5 Å². The van der Waals surface area contributed by atoms with E-state index in [0.717, 1.165) is 5.56 Å². The van der Waals surface area contributed by atoms with Crippen molar-refractivity contribution < 1.29 is 23.0 Å². The monoisotopic (exact) mass is 407 g/mol. The van der Waals surface area contributed by atoms with E-state index in [1.165, 1.54) is 23.5 Å². The van der Waals surface area contributed by atoms with Crippen molar-refractivity contribution in [2.24, 2.45) is 0 Å². The van der Waals surface area contributed by atoms with E-state index >= 15 is 0 Å². The van der Waals surface area contributed by atoms with Crippen LogP contribution in [0.15, 0.2) is 47.2 Å². The highest BCUT2D eigenvalue weighted by Crippen LogP contribution is 2.46. The summed E-state index contributed by atoms with van der Waals surface area (Å²) >= 11 is 7.66. The Bertz CT molecular complexity index is 1030. The van der Waals surface area contributed by atoms with Crippen molar-refractivity contribution >= 4 is 34.5 Å². The Morgan fingerprint density at radius 1 is 1.11 bits per heavy atom. The van der Waals surface area contributed by atoms with Gasteiger partial charge in [0, 0.05) is 22.7 Å². The molecule has 0 unspecified atom stereocenters. The summed E-state index contributed by atoms with van der Waals surface area (Å²) in [5, 5.41) is 6.77. The van der Waals surface area contributed by atoms with Gasteiger partial charge in [-0.1, -0.05) is 23.7 Å².